The standard InChI is InChI=1S/C27H25ClN6O4/c28-18-6-8-19(9-7-18)34-24(29-30-31-34)23(17-4-2-1-3-5-17)33-16-27-11-10-20(38-27)21(22(27)26(33)36)25(35)32-12-14-37-15-13-32/h1-11,20-23H,12-16H2/t20-,21-,22+,23-,27-/m1/s1. The molecule has 3 saturated heterocycles. The third-order valence-electron chi connectivity index (χ3n) is 7.97. The molecule has 4 aliphatic heterocycles. The van der Waals surface area contributed by atoms with Crippen LogP contribution in [0.5, 0.6) is 0 Å². The Morgan fingerprint density at radius 2 is 1.84 bits per heavy atom. The zero-order chi connectivity index (χ0) is 25.9. The molecule has 4 aliphatic rings. The van der Waals surface area contributed by atoms with Crippen LogP contribution in [0.4, 0.5) is 0 Å². The predicted octanol–water partition coefficient (Wildman–Crippen LogP) is 2.05. The fourth-order valence-electron chi connectivity index (χ4n) is 6.26. The summed E-state index contributed by atoms with van der Waals surface area (Å²) in [4.78, 5) is 31.5. The van der Waals surface area contributed by atoms with Gasteiger partial charge in [-0.1, -0.05) is 54.1 Å². The first kappa shape index (κ1) is 23.5. The molecule has 10 nitrogen and oxygen atoms in total. The topological polar surface area (TPSA) is 103 Å². The van der Waals surface area contributed by atoms with Crippen LogP contribution in [0, 0.1) is 11.8 Å². The van der Waals surface area contributed by atoms with Crippen LogP contribution in [0.15, 0.2) is 66.7 Å². The lowest BCUT2D eigenvalue weighted by Gasteiger charge is -2.33. The van der Waals surface area contributed by atoms with E-state index >= 15 is 0 Å². The van der Waals surface area contributed by atoms with Crippen LogP contribution >= 0.6 is 11.6 Å². The molecule has 2 amide bonds. The second-order valence-electron chi connectivity index (χ2n) is 10.0. The Hall–Kier alpha value is -3.60. The van der Waals surface area contributed by atoms with Gasteiger partial charge in [-0.25, -0.2) is 0 Å². The molecule has 5 atom stereocenters. The maximum atomic E-state index is 14.3. The molecule has 3 fully saturated rings. The van der Waals surface area contributed by atoms with Crippen molar-refractivity contribution in [2.24, 2.45) is 11.8 Å². The summed E-state index contributed by atoms with van der Waals surface area (Å²) in [5.74, 6) is -0.883. The second-order valence-corrected chi connectivity index (χ2v) is 10.5. The van der Waals surface area contributed by atoms with E-state index in [1.807, 2.05) is 54.6 Å². The van der Waals surface area contributed by atoms with E-state index in [-0.39, 0.29) is 11.8 Å². The highest BCUT2D eigenvalue weighted by Gasteiger charge is 2.68. The van der Waals surface area contributed by atoms with Crippen LogP contribution in [0.25, 0.3) is 5.69 Å². The third kappa shape index (κ3) is 3.58. The molecule has 7 rings (SSSR count). The zero-order valence-corrected chi connectivity index (χ0v) is 21.1. The van der Waals surface area contributed by atoms with Gasteiger partial charge in [-0.05, 0) is 40.3 Å². The maximum absolute atomic E-state index is 14.3. The Labute approximate surface area is 223 Å². The van der Waals surface area contributed by atoms with E-state index < -0.39 is 29.6 Å². The first-order chi connectivity index (χ1) is 18.6. The lowest BCUT2D eigenvalue weighted by molar-refractivity contribution is -0.146. The van der Waals surface area contributed by atoms with Gasteiger partial charge in [-0.15, -0.1) is 5.10 Å². The molecule has 0 unspecified atom stereocenters. The average Bonchev–Trinajstić information content (AvgIpc) is 3.72. The number of carbonyl (C=O) groups excluding carboxylic acids is 2. The number of morpholine rings is 1. The number of likely N-dealkylation sites (tertiary alicyclic amines) is 1. The smallest absolute Gasteiger partial charge is 0.230 e. The van der Waals surface area contributed by atoms with Gasteiger partial charge in [0, 0.05) is 18.1 Å². The van der Waals surface area contributed by atoms with Crippen LogP contribution in [-0.4, -0.2) is 86.4 Å². The van der Waals surface area contributed by atoms with Crippen LogP contribution in [0.1, 0.15) is 17.4 Å². The first-order valence-corrected chi connectivity index (χ1v) is 13.1. The molecular weight excluding hydrogens is 508 g/mol. The predicted molar refractivity (Wildman–Crippen MR) is 135 cm³/mol. The van der Waals surface area contributed by atoms with Gasteiger partial charge >= 0.3 is 0 Å². The van der Waals surface area contributed by atoms with Gasteiger partial charge in [0.15, 0.2) is 5.82 Å². The van der Waals surface area contributed by atoms with Crippen molar-refractivity contribution in [2.45, 2.75) is 17.7 Å². The van der Waals surface area contributed by atoms with Gasteiger partial charge in [-0.2, -0.15) is 4.68 Å². The van der Waals surface area contributed by atoms with Crippen LogP contribution in [0.2, 0.25) is 5.02 Å². The number of hydrogen-bond donors (Lipinski definition) is 0. The van der Waals surface area contributed by atoms with Crippen molar-refractivity contribution in [3.05, 3.63) is 83.2 Å². The SMILES string of the molecule is O=C([C@H]1[C@H]2C(=O)N([C@H](c3ccccc3)c3nnnn3-c3ccc(Cl)cc3)C[C@]23C=C[C@H]1O3)N1CCOCC1. The Balaban J connectivity index is 1.28. The summed E-state index contributed by atoms with van der Waals surface area (Å²) in [5, 5.41) is 13.2. The van der Waals surface area contributed by atoms with Gasteiger partial charge in [0.25, 0.3) is 0 Å². The van der Waals surface area contributed by atoms with E-state index in [0.29, 0.717) is 43.7 Å². The van der Waals surface area contributed by atoms with Crippen molar-refractivity contribution in [3.63, 3.8) is 0 Å². The van der Waals surface area contributed by atoms with E-state index in [2.05, 4.69) is 15.5 Å². The van der Waals surface area contributed by atoms with E-state index in [0.717, 1.165) is 11.3 Å². The summed E-state index contributed by atoms with van der Waals surface area (Å²) in [5.41, 5.74) is 0.717. The number of hydrogen-bond acceptors (Lipinski definition) is 7. The van der Waals surface area contributed by atoms with Crippen molar-refractivity contribution in [3.8, 4) is 5.69 Å². The summed E-state index contributed by atoms with van der Waals surface area (Å²) >= 11 is 6.11. The van der Waals surface area contributed by atoms with E-state index in [1.54, 1.807) is 26.6 Å². The summed E-state index contributed by atoms with van der Waals surface area (Å²) < 4.78 is 13.5. The van der Waals surface area contributed by atoms with E-state index in [4.69, 9.17) is 21.1 Å². The van der Waals surface area contributed by atoms with Crippen LogP contribution < -0.4 is 0 Å². The molecule has 194 valence electrons. The molecule has 1 aromatic heterocycles. The third-order valence-corrected chi connectivity index (χ3v) is 8.23. The molecule has 1 spiro atoms. The second kappa shape index (κ2) is 9.00. The van der Waals surface area contributed by atoms with Crippen molar-refractivity contribution in [1.29, 1.82) is 0 Å². The molecule has 38 heavy (non-hydrogen) atoms. The minimum atomic E-state index is -0.861. The molecule has 0 N–H and O–H groups in total. The first-order valence-electron chi connectivity index (χ1n) is 12.7. The normalized spacial score (nSPS) is 28.7. The summed E-state index contributed by atoms with van der Waals surface area (Å²) in [6, 6.07) is 16.3. The molecule has 3 aromatic rings. The Bertz CT molecular complexity index is 1410. The molecule has 0 aliphatic carbocycles. The van der Waals surface area contributed by atoms with Gasteiger partial charge in [-0.3, -0.25) is 9.59 Å². The molecule has 0 saturated carbocycles. The van der Waals surface area contributed by atoms with Crippen molar-refractivity contribution < 1.29 is 19.1 Å². The quantitative estimate of drug-likeness (QED) is 0.463. The summed E-state index contributed by atoms with van der Waals surface area (Å²) in [6.07, 6.45) is 3.50. The molecule has 5 heterocycles. The van der Waals surface area contributed by atoms with Crippen LogP contribution in [-0.2, 0) is 19.1 Å². The van der Waals surface area contributed by atoms with E-state index in [9.17, 15) is 9.59 Å². The number of carbonyl (C=O) groups is 2. The molecule has 0 radical (unpaired) electrons. The number of aromatic nitrogens is 4. The highest BCUT2D eigenvalue weighted by Crippen LogP contribution is 2.54. The Morgan fingerprint density at radius 3 is 2.61 bits per heavy atom. The maximum Gasteiger partial charge on any atom is 0.230 e. The largest absolute Gasteiger partial charge is 0.378 e. The highest BCUT2D eigenvalue weighted by atomic mass is 35.5. The molecule has 2 aromatic carbocycles. The van der Waals surface area contributed by atoms with Crippen LogP contribution in [0.3, 0.4) is 0 Å². The number of amides is 2. The van der Waals surface area contributed by atoms with Crippen molar-refractivity contribution >= 4 is 23.4 Å². The van der Waals surface area contributed by atoms with Gasteiger partial charge in [0.1, 0.15) is 11.6 Å². The van der Waals surface area contributed by atoms with Gasteiger partial charge < -0.3 is 19.3 Å². The highest BCUT2D eigenvalue weighted by molar-refractivity contribution is 6.30. The minimum Gasteiger partial charge on any atom is -0.378 e. The summed E-state index contributed by atoms with van der Waals surface area (Å²) in [7, 11) is 0. The van der Waals surface area contributed by atoms with E-state index in [1.165, 1.54) is 0 Å². The number of nitrogens with zero attached hydrogens (tertiary/aromatic N) is 6. The monoisotopic (exact) mass is 532 g/mol. The number of fused-ring (bicyclic) bond motifs is 1. The Kier molecular flexibility index (Phi) is 5.57. The zero-order valence-electron chi connectivity index (χ0n) is 20.4. The molecule has 2 bridgehead atoms. The van der Waals surface area contributed by atoms with Gasteiger partial charge in [0.05, 0.1) is 43.4 Å². The Morgan fingerprint density at radius 1 is 1.08 bits per heavy atom. The molecule has 11 heteroatoms. The fraction of sp³-hybridized carbons (Fsp3) is 0.370. The number of halogens is 1. The number of ether oxygens (including phenoxy) is 2. The minimum absolute atomic E-state index is 0.0491. The summed E-state index contributed by atoms with van der Waals surface area (Å²) in [6.45, 7) is 2.33. The lowest BCUT2D eigenvalue weighted by atomic mass is 9.76. The number of benzene rings is 2. The van der Waals surface area contributed by atoms with Gasteiger partial charge in [0.2, 0.25) is 11.8 Å². The average molecular weight is 533 g/mol. The lowest BCUT2D eigenvalue weighted by Crippen LogP contribution is -2.49. The number of tetrazole rings is 1. The van der Waals surface area contributed by atoms with Crippen molar-refractivity contribution in [1.82, 2.24) is 30.0 Å². The number of rotatable bonds is 5. The van der Waals surface area contributed by atoms with Crippen molar-refractivity contribution in [2.75, 3.05) is 32.8 Å². The molecular formula is C27H25ClN6O4. The fourth-order valence-corrected chi connectivity index (χ4v) is 6.38.